The van der Waals surface area contributed by atoms with Gasteiger partial charge in [-0.05, 0) is 40.9 Å². The van der Waals surface area contributed by atoms with Crippen LogP contribution >= 0.6 is 15.9 Å². The molecule has 2 rings (SSSR count). The number of carboxylic acid groups (broad SMARTS) is 1. The van der Waals surface area contributed by atoms with E-state index in [-0.39, 0.29) is 0 Å². The number of aliphatic hydroxyl groups excluding tert-OH is 1. The summed E-state index contributed by atoms with van der Waals surface area (Å²) in [5.41, 5.74) is -0.00685. The lowest BCUT2D eigenvalue weighted by molar-refractivity contribution is -0.148. The number of aliphatic carboxylic acids is 1. The van der Waals surface area contributed by atoms with Crippen molar-refractivity contribution < 1.29 is 15.0 Å². The fourth-order valence-electron chi connectivity index (χ4n) is 1.71. The van der Waals surface area contributed by atoms with Crippen LogP contribution in [0, 0.1) is 0 Å². The molecule has 0 aromatic carbocycles. The molecule has 0 bridgehead atoms. The molecule has 1 aliphatic carbocycles. The molecule has 2 N–H and O–H groups in total. The van der Waals surface area contributed by atoms with Crippen molar-refractivity contribution in [3.63, 3.8) is 0 Å². The van der Waals surface area contributed by atoms with Crippen LogP contribution in [0.25, 0.3) is 0 Å². The van der Waals surface area contributed by atoms with E-state index in [0.29, 0.717) is 18.5 Å². The molecule has 1 atom stereocenters. The van der Waals surface area contributed by atoms with Gasteiger partial charge < -0.3 is 10.2 Å². The highest BCUT2D eigenvalue weighted by atomic mass is 79.9. The summed E-state index contributed by atoms with van der Waals surface area (Å²) in [7, 11) is 0. The molecule has 1 heterocycles. The molecule has 5 heteroatoms. The van der Waals surface area contributed by atoms with Crippen molar-refractivity contribution in [2.45, 2.75) is 24.4 Å². The van der Waals surface area contributed by atoms with Crippen molar-refractivity contribution in [3.8, 4) is 0 Å². The molecule has 1 aliphatic rings. The van der Waals surface area contributed by atoms with Crippen molar-refractivity contribution in [2.24, 2.45) is 0 Å². The normalized spacial score (nSPS) is 19.6. The second kappa shape index (κ2) is 3.57. The van der Waals surface area contributed by atoms with E-state index in [4.69, 9.17) is 5.11 Å². The molecule has 1 unspecified atom stereocenters. The Bertz CT molecular complexity index is 386. The van der Waals surface area contributed by atoms with E-state index >= 15 is 0 Å². The highest BCUT2D eigenvalue weighted by molar-refractivity contribution is 9.10. The van der Waals surface area contributed by atoms with Gasteiger partial charge in [0, 0.05) is 21.8 Å². The number of carbonyl (C=O) groups is 1. The van der Waals surface area contributed by atoms with Gasteiger partial charge in [-0.25, -0.2) is 4.79 Å². The lowest BCUT2D eigenvalue weighted by atomic mass is 9.94. The van der Waals surface area contributed by atoms with E-state index in [9.17, 15) is 9.90 Å². The molecule has 0 amide bonds. The van der Waals surface area contributed by atoms with Crippen molar-refractivity contribution in [2.75, 3.05) is 0 Å². The maximum atomic E-state index is 10.7. The zero-order valence-corrected chi connectivity index (χ0v) is 9.44. The third kappa shape index (κ3) is 1.77. The fraction of sp³-hybridized carbons (Fsp3) is 0.400. The Hall–Kier alpha value is -0.940. The van der Waals surface area contributed by atoms with E-state index in [2.05, 4.69) is 20.9 Å². The van der Waals surface area contributed by atoms with Crippen LogP contribution in [0.1, 0.15) is 18.5 Å². The Morgan fingerprint density at radius 2 is 2.20 bits per heavy atom. The minimum atomic E-state index is -1.36. The van der Waals surface area contributed by atoms with Crippen LogP contribution in [0.3, 0.4) is 0 Å². The summed E-state index contributed by atoms with van der Waals surface area (Å²) in [6.07, 6.45) is 1.61. The van der Waals surface area contributed by atoms with Gasteiger partial charge in [0.05, 0.1) is 0 Å². The number of halogens is 1. The minimum absolute atomic E-state index is 0.653. The van der Waals surface area contributed by atoms with Crippen LogP contribution in [0.4, 0.5) is 0 Å². The molecule has 80 valence electrons. The fourth-order valence-corrected chi connectivity index (χ4v) is 1.95. The van der Waals surface area contributed by atoms with Gasteiger partial charge in [-0.3, -0.25) is 4.98 Å². The van der Waals surface area contributed by atoms with Crippen LogP contribution < -0.4 is 0 Å². The second-order valence-electron chi connectivity index (χ2n) is 3.76. The first kappa shape index (κ1) is 10.6. The number of aliphatic hydroxyl groups is 1. The molecule has 0 radical (unpaired) electrons. The highest BCUT2D eigenvalue weighted by Gasteiger charge is 2.54. The summed E-state index contributed by atoms with van der Waals surface area (Å²) >= 11 is 3.26. The number of aromatic nitrogens is 1. The topological polar surface area (TPSA) is 70.4 Å². The average Bonchev–Trinajstić information content (AvgIpc) is 2.99. The smallest absolute Gasteiger partial charge is 0.333 e. The van der Waals surface area contributed by atoms with Crippen molar-refractivity contribution in [1.82, 2.24) is 4.98 Å². The Labute approximate surface area is 95.1 Å². The molecule has 1 fully saturated rings. The number of carboxylic acids is 1. The minimum Gasteiger partial charge on any atom is -0.479 e. The largest absolute Gasteiger partial charge is 0.479 e. The highest BCUT2D eigenvalue weighted by Crippen LogP contribution is 2.50. The van der Waals surface area contributed by atoms with Gasteiger partial charge in [0.25, 0.3) is 0 Å². The number of hydrogen-bond acceptors (Lipinski definition) is 3. The molecular formula is C10H10BrNO3. The summed E-state index contributed by atoms with van der Waals surface area (Å²) < 4.78 is 0.840. The van der Waals surface area contributed by atoms with Gasteiger partial charge in [0.15, 0.2) is 6.10 Å². The van der Waals surface area contributed by atoms with Crippen LogP contribution in [-0.2, 0) is 10.2 Å². The lowest BCUT2D eigenvalue weighted by Gasteiger charge is -2.17. The molecule has 1 aromatic rings. The SMILES string of the molecule is O=C(O)C(O)C1(c2ccc(Br)cn2)CC1. The Kier molecular flexibility index (Phi) is 2.52. The van der Waals surface area contributed by atoms with Crippen molar-refractivity contribution in [3.05, 3.63) is 28.5 Å². The zero-order valence-electron chi connectivity index (χ0n) is 7.85. The first-order valence-electron chi connectivity index (χ1n) is 4.59. The molecular weight excluding hydrogens is 262 g/mol. The van der Waals surface area contributed by atoms with Gasteiger partial charge in [0.2, 0.25) is 0 Å². The Morgan fingerprint density at radius 1 is 1.53 bits per heavy atom. The number of rotatable bonds is 3. The third-order valence-corrected chi connectivity index (χ3v) is 3.25. The summed E-state index contributed by atoms with van der Waals surface area (Å²) in [4.78, 5) is 14.9. The summed E-state index contributed by atoms with van der Waals surface area (Å²) in [6.45, 7) is 0. The summed E-state index contributed by atoms with van der Waals surface area (Å²) in [6, 6.07) is 3.56. The van der Waals surface area contributed by atoms with Gasteiger partial charge >= 0.3 is 5.97 Å². The van der Waals surface area contributed by atoms with Gasteiger partial charge in [-0.15, -0.1) is 0 Å². The van der Waals surface area contributed by atoms with Crippen molar-refractivity contribution in [1.29, 1.82) is 0 Å². The maximum absolute atomic E-state index is 10.7. The van der Waals surface area contributed by atoms with Crippen LogP contribution in [0.15, 0.2) is 22.8 Å². The standard InChI is InChI=1S/C10H10BrNO3/c11-6-1-2-7(12-5-6)10(3-4-10)8(13)9(14)15/h1-2,5,8,13H,3-4H2,(H,14,15). The van der Waals surface area contributed by atoms with E-state index < -0.39 is 17.5 Å². The molecule has 15 heavy (non-hydrogen) atoms. The van der Waals surface area contributed by atoms with E-state index in [1.165, 1.54) is 0 Å². The molecule has 4 nitrogen and oxygen atoms in total. The van der Waals surface area contributed by atoms with Crippen molar-refractivity contribution >= 4 is 21.9 Å². The predicted molar refractivity (Wildman–Crippen MR) is 56.5 cm³/mol. The second-order valence-corrected chi connectivity index (χ2v) is 4.67. The molecule has 0 spiro atoms. The summed E-state index contributed by atoms with van der Waals surface area (Å²) in [5.74, 6) is -1.18. The molecule has 0 aliphatic heterocycles. The molecule has 0 saturated heterocycles. The predicted octanol–water partition coefficient (Wildman–Crippen LogP) is 1.32. The van der Waals surface area contributed by atoms with Gasteiger partial charge in [-0.1, -0.05) is 0 Å². The van der Waals surface area contributed by atoms with E-state index in [1.807, 2.05) is 0 Å². The Balaban J connectivity index is 2.30. The number of hydrogen-bond donors (Lipinski definition) is 2. The number of pyridine rings is 1. The lowest BCUT2D eigenvalue weighted by Crippen LogP contribution is -2.34. The molecule has 1 saturated carbocycles. The molecule has 1 aromatic heterocycles. The first-order valence-corrected chi connectivity index (χ1v) is 5.38. The maximum Gasteiger partial charge on any atom is 0.333 e. The van der Waals surface area contributed by atoms with E-state index in [1.54, 1.807) is 18.3 Å². The van der Waals surface area contributed by atoms with E-state index in [0.717, 1.165) is 4.47 Å². The zero-order chi connectivity index (χ0) is 11.1. The van der Waals surface area contributed by atoms with Crippen LogP contribution in [0.2, 0.25) is 0 Å². The Morgan fingerprint density at radius 3 is 2.60 bits per heavy atom. The average molecular weight is 272 g/mol. The van der Waals surface area contributed by atoms with Gasteiger partial charge in [0.1, 0.15) is 0 Å². The van der Waals surface area contributed by atoms with Crippen LogP contribution in [0.5, 0.6) is 0 Å². The first-order chi connectivity index (χ1) is 7.06. The van der Waals surface area contributed by atoms with Crippen LogP contribution in [-0.4, -0.2) is 27.3 Å². The summed E-state index contributed by atoms with van der Waals surface area (Å²) in [5, 5.41) is 18.4. The third-order valence-electron chi connectivity index (χ3n) is 2.78. The quantitative estimate of drug-likeness (QED) is 0.870. The monoisotopic (exact) mass is 271 g/mol. The van der Waals surface area contributed by atoms with Gasteiger partial charge in [-0.2, -0.15) is 0 Å². The number of nitrogens with zero attached hydrogens (tertiary/aromatic N) is 1.